The molecule has 0 fully saturated rings. The topological polar surface area (TPSA) is 25.2 Å². The third-order valence-corrected chi connectivity index (χ3v) is 3.69. The van der Waals surface area contributed by atoms with Crippen molar-refractivity contribution in [2.75, 3.05) is 7.05 Å². The summed E-state index contributed by atoms with van der Waals surface area (Å²) >= 11 is 6.13. The van der Waals surface area contributed by atoms with Crippen LogP contribution < -0.4 is 5.32 Å². The van der Waals surface area contributed by atoms with Crippen molar-refractivity contribution in [3.05, 3.63) is 70.2 Å². The predicted octanol–water partition coefficient (Wildman–Crippen LogP) is 4.84. The molecule has 1 N–H and O–H groups in total. The van der Waals surface area contributed by atoms with Gasteiger partial charge in [0.2, 0.25) is 0 Å². The smallest absolute Gasteiger partial charge is 0.134 e. The molecule has 1 atom stereocenters. The summed E-state index contributed by atoms with van der Waals surface area (Å²) in [5, 5.41) is 4.66. The predicted molar refractivity (Wildman–Crippen MR) is 83.3 cm³/mol. The highest BCUT2D eigenvalue weighted by molar-refractivity contribution is 6.30. The molecular formula is C17H15ClFNO. The molecule has 2 aromatic carbocycles. The fraction of sp³-hybridized carbons (Fsp3) is 0.176. The van der Waals surface area contributed by atoms with Crippen LogP contribution in [0.5, 0.6) is 0 Å². The Morgan fingerprint density at radius 2 is 1.95 bits per heavy atom. The Labute approximate surface area is 127 Å². The number of furan rings is 1. The molecule has 1 unspecified atom stereocenters. The molecule has 2 nitrogen and oxygen atoms in total. The van der Waals surface area contributed by atoms with Crippen LogP contribution in [0, 0.1) is 12.7 Å². The van der Waals surface area contributed by atoms with Crippen LogP contribution in [0.2, 0.25) is 5.02 Å². The summed E-state index contributed by atoms with van der Waals surface area (Å²) < 4.78 is 19.1. The van der Waals surface area contributed by atoms with Crippen molar-refractivity contribution in [1.82, 2.24) is 5.32 Å². The third kappa shape index (κ3) is 2.80. The highest BCUT2D eigenvalue weighted by atomic mass is 35.5. The number of hydrogen-bond acceptors (Lipinski definition) is 2. The number of halogens is 2. The average Bonchev–Trinajstić information content (AvgIpc) is 2.81. The van der Waals surface area contributed by atoms with Crippen LogP contribution >= 0.6 is 11.6 Å². The molecule has 0 bridgehead atoms. The second-order valence-electron chi connectivity index (χ2n) is 5.11. The molecule has 3 rings (SSSR count). The van der Waals surface area contributed by atoms with E-state index in [1.54, 1.807) is 6.07 Å². The molecule has 108 valence electrons. The SMILES string of the molecule is CNC(c1cc(C)cc(Cl)c1)c1cc2cc(F)ccc2o1. The quantitative estimate of drug-likeness (QED) is 0.749. The maximum Gasteiger partial charge on any atom is 0.134 e. The molecule has 0 spiro atoms. The normalized spacial score (nSPS) is 12.8. The van der Waals surface area contributed by atoms with E-state index in [9.17, 15) is 4.39 Å². The van der Waals surface area contributed by atoms with E-state index in [1.807, 2.05) is 32.2 Å². The van der Waals surface area contributed by atoms with Gasteiger partial charge in [-0.05, 0) is 61.5 Å². The number of nitrogens with one attached hydrogen (secondary N) is 1. The molecular weight excluding hydrogens is 289 g/mol. The van der Waals surface area contributed by atoms with E-state index in [2.05, 4.69) is 11.4 Å². The zero-order valence-corrected chi connectivity index (χ0v) is 12.5. The van der Waals surface area contributed by atoms with Crippen molar-refractivity contribution in [2.45, 2.75) is 13.0 Å². The zero-order chi connectivity index (χ0) is 15.0. The Morgan fingerprint density at radius 3 is 2.67 bits per heavy atom. The van der Waals surface area contributed by atoms with Crippen molar-refractivity contribution < 1.29 is 8.81 Å². The van der Waals surface area contributed by atoms with Gasteiger partial charge in [-0.2, -0.15) is 0 Å². The minimum atomic E-state index is -0.269. The molecule has 0 saturated heterocycles. The summed E-state index contributed by atoms with van der Waals surface area (Å²) in [6.07, 6.45) is 0. The molecule has 1 heterocycles. The van der Waals surface area contributed by atoms with E-state index in [0.29, 0.717) is 10.6 Å². The number of rotatable bonds is 3. The summed E-state index contributed by atoms with van der Waals surface area (Å²) in [6, 6.07) is 12.1. The van der Waals surface area contributed by atoms with Gasteiger partial charge >= 0.3 is 0 Å². The summed E-state index contributed by atoms with van der Waals surface area (Å²) in [6.45, 7) is 2.00. The van der Waals surface area contributed by atoms with E-state index < -0.39 is 0 Å². The molecule has 0 saturated carbocycles. The van der Waals surface area contributed by atoms with Crippen LogP contribution in [0.25, 0.3) is 11.0 Å². The van der Waals surface area contributed by atoms with E-state index in [1.165, 1.54) is 12.1 Å². The van der Waals surface area contributed by atoms with Gasteiger partial charge in [0.15, 0.2) is 0 Å². The van der Waals surface area contributed by atoms with Crippen molar-refractivity contribution >= 4 is 22.6 Å². The second kappa shape index (κ2) is 5.51. The van der Waals surface area contributed by atoms with Crippen LogP contribution in [0.3, 0.4) is 0 Å². The van der Waals surface area contributed by atoms with Gasteiger partial charge in [0.1, 0.15) is 17.2 Å². The van der Waals surface area contributed by atoms with Crippen molar-refractivity contribution in [3.8, 4) is 0 Å². The van der Waals surface area contributed by atoms with Gasteiger partial charge in [-0.1, -0.05) is 17.7 Å². The van der Waals surface area contributed by atoms with Crippen LogP contribution in [0.4, 0.5) is 4.39 Å². The molecule has 0 radical (unpaired) electrons. The lowest BCUT2D eigenvalue weighted by Gasteiger charge is -2.15. The lowest BCUT2D eigenvalue weighted by atomic mass is 10.0. The van der Waals surface area contributed by atoms with Gasteiger partial charge in [0.05, 0.1) is 6.04 Å². The first-order chi connectivity index (χ1) is 10.1. The number of hydrogen-bond donors (Lipinski definition) is 1. The summed E-state index contributed by atoms with van der Waals surface area (Å²) in [5.41, 5.74) is 2.77. The highest BCUT2D eigenvalue weighted by Gasteiger charge is 2.17. The minimum absolute atomic E-state index is 0.127. The first-order valence-corrected chi connectivity index (χ1v) is 7.08. The van der Waals surface area contributed by atoms with Gasteiger partial charge in [-0.15, -0.1) is 0 Å². The van der Waals surface area contributed by atoms with Crippen LogP contribution in [0.1, 0.15) is 22.9 Å². The Hall–Kier alpha value is -1.84. The van der Waals surface area contributed by atoms with Gasteiger partial charge < -0.3 is 9.73 Å². The zero-order valence-electron chi connectivity index (χ0n) is 11.8. The molecule has 3 aromatic rings. The lowest BCUT2D eigenvalue weighted by molar-refractivity contribution is 0.491. The summed E-state index contributed by atoms with van der Waals surface area (Å²) in [7, 11) is 1.86. The third-order valence-electron chi connectivity index (χ3n) is 3.47. The number of fused-ring (bicyclic) bond motifs is 1. The standard InChI is InChI=1S/C17H15ClFNO/c1-10-5-12(7-13(18)6-10)17(20-2)16-9-11-8-14(19)3-4-15(11)21-16/h3-9,17,20H,1-2H3. The number of aryl methyl sites for hydroxylation is 1. The van der Waals surface area contributed by atoms with E-state index in [-0.39, 0.29) is 11.9 Å². The molecule has 1 aromatic heterocycles. The molecule has 0 amide bonds. The first-order valence-electron chi connectivity index (χ1n) is 6.70. The molecule has 0 aliphatic carbocycles. The summed E-state index contributed by atoms with van der Waals surface area (Å²) in [5.74, 6) is 0.467. The van der Waals surface area contributed by atoms with Gasteiger partial charge in [0.25, 0.3) is 0 Å². The maximum atomic E-state index is 13.3. The Morgan fingerprint density at radius 1 is 1.14 bits per heavy atom. The Kier molecular flexibility index (Phi) is 3.70. The summed E-state index contributed by atoms with van der Waals surface area (Å²) in [4.78, 5) is 0. The molecule has 4 heteroatoms. The Balaban J connectivity index is 2.08. The van der Waals surface area contributed by atoms with Crippen LogP contribution in [0.15, 0.2) is 46.9 Å². The fourth-order valence-corrected chi connectivity index (χ4v) is 2.88. The van der Waals surface area contributed by atoms with Gasteiger partial charge in [-0.25, -0.2) is 4.39 Å². The maximum absolute atomic E-state index is 13.3. The second-order valence-corrected chi connectivity index (χ2v) is 5.55. The van der Waals surface area contributed by atoms with Gasteiger partial charge in [-0.3, -0.25) is 0 Å². The number of benzene rings is 2. The minimum Gasteiger partial charge on any atom is -0.459 e. The first kappa shape index (κ1) is 14.1. The van der Waals surface area contributed by atoms with E-state index >= 15 is 0 Å². The molecule has 0 aliphatic rings. The van der Waals surface area contributed by atoms with Gasteiger partial charge in [0, 0.05) is 10.4 Å². The Bertz CT molecular complexity index is 776. The molecule has 0 aliphatic heterocycles. The van der Waals surface area contributed by atoms with Crippen molar-refractivity contribution in [3.63, 3.8) is 0 Å². The van der Waals surface area contributed by atoms with Crippen molar-refractivity contribution in [1.29, 1.82) is 0 Å². The fourth-order valence-electron chi connectivity index (χ4n) is 2.58. The van der Waals surface area contributed by atoms with E-state index in [4.69, 9.17) is 16.0 Å². The average molecular weight is 304 g/mol. The monoisotopic (exact) mass is 303 g/mol. The largest absolute Gasteiger partial charge is 0.459 e. The van der Waals surface area contributed by atoms with Crippen LogP contribution in [-0.4, -0.2) is 7.05 Å². The lowest BCUT2D eigenvalue weighted by Crippen LogP contribution is -2.17. The van der Waals surface area contributed by atoms with Crippen LogP contribution in [-0.2, 0) is 0 Å². The highest BCUT2D eigenvalue weighted by Crippen LogP contribution is 2.30. The molecule has 21 heavy (non-hydrogen) atoms. The van der Waals surface area contributed by atoms with E-state index in [0.717, 1.165) is 22.3 Å². The van der Waals surface area contributed by atoms with Crippen molar-refractivity contribution in [2.24, 2.45) is 0 Å².